The minimum atomic E-state index is -0.333. The quantitative estimate of drug-likeness (QED) is 0.660. The zero-order valence-corrected chi connectivity index (χ0v) is 17.3. The summed E-state index contributed by atoms with van der Waals surface area (Å²) >= 11 is 5.87. The summed E-state index contributed by atoms with van der Waals surface area (Å²) in [5.74, 6) is 1.16. The van der Waals surface area contributed by atoms with Gasteiger partial charge in [-0.1, -0.05) is 25.4 Å². The molecule has 146 valence electrons. The van der Waals surface area contributed by atoms with Gasteiger partial charge in [0.15, 0.2) is 11.7 Å². The predicted molar refractivity (Wildman–Crippen MR) is 110 cm³/mol. The third-order valence-corrected chi connectivity index (χ3v) is 4.55. The molecule has 0 aliphatic carbocycles. The fourth-order valence-electron chi connectivity index (χ4n) is 2.26. The van der Waals surface area contributed by atoms with Gasteiger partial charge in [-0.25, -0.2) is 4.98 Å². The molecule has 2 rings (SSSR count). The summed E-state index contributed by atoms with van der Waals surface area (Å²) in [6, 6.07) is 7.34. The molecule has 1 aromatic heterocycles. The number of nitrogens with two attached hydrogens (primary N) is 1. The normalized spacial score (nSPS) is 10.6. The molecule has 0 saturated heterocycles. The van der Waals surface area contributed by atoms with E-state index in [0.29, 0.717) is 36.1 Å². The highest BCUT2D eigenvalue weighted by Gasteiger charge is 2.20. The van der Waals surface area contributed by atoms with Crippen LogP contribution in [0.4, 0.5) is 0 Å². The molecule has 0 aliphatic rings. The average molecular weight is 423 g/mol. The maximum Gasteiger partial charge on any atom is 0.220 e. The maximum atomic E-state index is 12.0. The molecule has 0 spiro atoms. The lowest BCUT2D eigenvalue weighted by Gasteiger charge is -2.26. The zero-order valence-electron chi connectivity index (χ0n) is 15.0. The molecule has 5 nitrogen and oxygen atoms in total. The Labute approximate surface area is 171 Å². The number of oxazole rings is 1. The van der Waals surface area contributed by atoms with Crippen LogP contribution in [0.2, 0.25) is 5.02 Å². The van der Waals surface area contributed by atoms with Crippen LogP contribution in [-0.4, -0.2) is 23.0 Å². The van der Waals surface area contributed by atoms with Gasteiger partial charge in [-0.2, -0.15) is 0 Å². The molecule has 0 radical (unpaired) electrons. The summed E-state index contributed by atoms with van der Waals surface area (Å²) < 4.78 is 5.69. The van der Waals surface area contributed by atoms with E-state index in [-0.39, 0.29) is 36.3 Å². The molecule has 2 aromatic rings. The number of hydrogen-bond donors (Lipinski definition) is 2. The van der Waals surface area contributed by atoms with Gasteiger partial charge in [0.05, 0.1) is 6.20 Å². The van der Waals surface area contributed by atoms with E-state index < -0.39 is 0 Å². The van der Waals surface area contributed by atoms with E-state index in [9.17, 15) is 4.79 Å². The number of aryl methyl sites for hydroxylation is 1. The smallest absolute Gasteiger partial charge is 0.220 e. The average Bonchev–Trinajstić information content (AvgIpc) is 3.07. The van der Waals surface area contributed by atoms with Crippen LogP contribution >= 0.6 is 36.4 Å². The summed E-state index contributed by atoms with van der Waals surface area (Å²) in [7, 11) is 0. The van der Waals surface area contributed by atoms with Gasteiger partial charge in [-0.05, 0) is 37.1 Å². The third kappa shape index (κ3) is 7.16. The van der Waals surface area contributed by atoms with Crippen molar-refractivity contribution in [2.24, 2.45) is 5.73 Å². The van der Waals surface area contributed by atoms with E-state index in [1.54, 1.807) is 18.3 Å². The second-order valence-electron chi connectivity index (χ2n) is 5.97. The minimum absolute atomic E-state index is 0. The lowest BCUT2D eigenvalue weighted by atomic mass is 9.94. The Morgan fingerprint density at radius 1 is 1.23 bits per heavy atom. The van der Waals surface area contributed by atoms with E-state index in [0.717, 1.165) is 18.4 Å². The molecule has 3 N–H and O–H groups in total. The Bertz CT molecular complexity index is 671. The first-order valence-electron chi connectivity index (χ1n) is 8.22. The number of carbonyl (C=O) groups is 1. The van der Waals surface area contributed by atoms with Gasteiger partial charge in [0.2, 0.25) is 5.91 Å². The van der Waals surface area contributed by atoms with Crippen molar-refractivity contribution < 1.29 is 9.21 Å². The Morgan fingerprint density at radius 3 is 2.42 bits per heavy atom. The molecule has 0 atom stereocenters. The van der Waals surface area contributed by atoms with Gasteiger partial charge in [0.1, 0.15) is 0 Å². The van der Waals surface area contributed by atoms with Crippen LogP contribution in [0.1, 0.15) is 39.0 Å². The van der Waals surface area contributed by atoms with Gasteiger partial charge in [-0.15, -0.1) is 24.8 Å². The second-order valence-corrected chi connectivity index (χ2v) is 6.41. The lowest BCUT2D eigenvalue weighted by molar-refractivity contribution is -0.121. The number of aromatic nitrogens is 1. The molecule has 26 heavy (non-hydrogen) atoms. The Hall–Kier alpha value is -1.27. The number of nitrogens with zero attached hydrogens (tertiary/aromatic N) is 1. The van der Waals surface area contributed by atoms with E-state index in [1.165, 1.54) is 0 Å². The summed E-state index contributed by atoms with van der Waals surface area (Å²) in [5.41, 5.74) is 6.75. The zero-order chi connectivity index (χ0) is 17.6. The molecule has 1 heterocycles. The Morgan fingerprint density at radius 2 is 1.85 bits per heavy atom. The molecular formula is C18H26Cl3N3O2. The lowest BCUT2D eigenvalue weighted by Crippen LogP contribution is -2.49. The predicted octanol–water partition coefficient (Wildman–Crippen LogP) is 4.40. The fourth-order valence-corrected chi connectivity index (χ4v) is 2.38. The van der Waals surface area contributed by atoms with Crippen LogP contribution in [0, 0.1) is 0 Å². The van der Waals surface area contributed by atoms with Crippen LogP contribution in [0.3, 0.4) is 0 Å². The molecule has 0 fully saturated rings. The standard InChI is InChI=1S/C18H24ClN3O2.2ClH/c1-3-18(20,4-2)12-22-16(23)9-10-17-21-11-15(24-17)13-5-7-14(19)8-6-13;;/h5-8,11H,3-4,9-10,12,20H2,1-2H3,(H,22,23);2*1H. The van der Waals surface area contributed by atoms with Crippen molar-refractivity contribution in [1.29, 1.82) is 0 Å². The largest absolute Gasteiger partial charge is 0.441 e. The third-order valence-electron chi connectivity index (χ3n) is 4.29. The number of amides is 1. The molecular weight excluding hydrogens is 397 g/mol. The molecule has 1 aromatic carbocycles. The summed E-state index contributed by atoms with van der Waals surface area (Å²) in [4.78, 5) is 16.2. The maximum absolute atomic E-state index is 12.0. The van der Waals surface area contributed by atoms with E-state index >= 15 is 0 Å². The van der Waals surface area contributed by atoms with Crippen molar-refractivity contribution in [3.05, 3.63) is 41.4 Å². The second kappa shape index (κ2) is 11.4. The Kier molecular flexibility index (Phi) is 10.9. The van der Waals surface area contributed by atoms with Crippen molar-refractivity contribution in [2.45, 2.75) is 45.1 Å². The summed E-state index contributed by atoms with van der Waals surface area (Å²) in [5, 5.41) is 3.56. The monoisotopic (exact) mass is 421 g/mol. The van der Waals surface area contributed by atoms with Crippen LogP contribution in [0.25, 0.3) is 11.3 Å². The highest BCUT2D eigenvalue weighted by atomic mass is 35.5. The van der Waals surface area contributed by atoms with Crippen molar-refractivity contribution in [3.63, 3.8) is 0 Å². The molecule has 0 unspecified atom stereocenters. The van der Waals surface area contributed by atoms with E-state index in [2.05, 4.69) is 10.3 Å². The first kappa shape index (κ1) is 24.7. The van der Waals surface area contributed by atoms with Crippen molar-refractivity contribution >= 4 is 42.3 Å². The number of carbonyl (C=O) groups excluding carboxylic acids is 1. The topological polar surface area (TPSA) is 81.1 Å². The van der Waals surface area contributed by atoms with Gasteiger partial charge in [0.25, 0.3) is 0 Å². The SMILES string of the molecule is CCC(N)(CC)CNC(=O)CCc1ncc(-c2ccc(Cl)cc2)o1.Cl.Cl. The summed E-state index contributed by atoms with van der Waals surface area (Å²) in [6.07, 6.45) is 4.09. The molecule has 0 saturated carbocycles. The van der Waals surface area contributed by atoms with Crippen molar-refractivity contribution in [3.8, 4) is 11.3 Å². The van der Waals surface area contributed by atoms with E-state index in [1.807, 2.05) is 26.0 Å². The van der Waals surface area contributed by atoms with Gasteiger partial charge >= 0.3 is 0 Å². The number of halogens is 3. The van der Waals surface area contributed by atoms with Crippen LogP contribution in [0.5, 0.6) is 0 Å². The van der Waals surface area contributed by atoms with Gasteiger partial charge in [-0.3, -0.25) is 4.79 Å². The highest BCUT2D eigenvalue weighted by Crippen LogP contribution is 2.22. The first-order valence-corrected chi connectivity index (χ1v) is 8.60. The molecule has 1 amide bonds. The number of benzene rings is 1. The van der Waals surface area contributed by atoms with Gasteiger partial charge in [0, 0.05) is 35.5 Å². The number of hydrogen-bond acceptors (Lipinski definition) is 4. The van der Waals surface area contributed by atoms with Crippen LogP contribution in [0.15, 0.2) is 34.9 Å². The van der Waals surface area contributed by atoms with Crippen LogP contribution < -0.4 is 11.1 Å². The highest BCUT2D eigenvalue weighted by molar-refractivity contribution is 6.30. The first-order chi connectivity index (χ1) is 11.5. The van der Waals surface area contributed by atoms with Crippen LogP contribution in [-0.2, 0) is 11.2 Å². The molecule has 0 bridgehead atoms. The summed E-state index contributed by atoms with van der Waals surface area (Å²) in [6.45, 7) is 4.54. The number of nitrogens with one attached hydrogen (secondary N) is 1. The van der Waals surface area contributed by atoms with Crippen molar-refractivity contribution in [2.75, 3.05) is 6.54 Å². The Balaban J connectivity index is 0.00000312. The fraction of sp³-hybridized carbons (Fsp3) is 0.444. The molecule has 8 heteroatoms. The van der Waals surface area contributed by atoms with Crippen molar-refractivity contribution in [1.82, 2.24) is 10.3 Å². The minimum Gasteiger partial charge on any atom is -0.441 e. The van der Waals surface area contributed by atoms with E-state index in [4.69, 9.17) is 21.8 Å². The number of rotatable bonds is 8. The molecule has 0 aliphatic heterocycles. The van der Waals surface area contributed by atoms with Gasteiger partial charge < -0.3 is 15.5 Å².